The zero-order chi connectivity index (χ0) is 29.6. The third kappa shape index (κ3) is 7.39. The summed E-state index contributed by atoms with van der Waals surface area (Å²) >= 11 is 6.10. The van der Waals surface area contributed by atoms with Gasteiger partial charge in [0.25, 0.3) is 21.8 Å². The van der Waals surface area contributed by atoms with Crippen molar-refractivity contribution in [2.45, 2.75) is 25.7 Å². The highest BCUT2D eigenvalue weighted by molar-refractivity contribution is 7.92. The van der Waals surface area contributed by atoms with Crippen LogP contribution in [0.3, 0.4) is 0 Å². The molecule has 0 saturated carbocycles. The molecule has 0 aliphatic carbocycles. The van der Waals surface area contributed by atoms with E-state index in [-0.39, 0.29) is 10.8 Å². The minimum absolute atomic E-state index is 0.0549. The maximum Gasteiger partial charge on any atom is 0.264 e. The Morgan fingerprint density at radius 2 is 1.54 bits per heavy atom. The lowest BCUT2D eigenvalue weighted by Gasteiger charge is -2.25. The normalized spacial score (nSPS) is 11.6. The summed E-state index contributed by atoms with van der Waals surface area (Å²) in [4.78, 5) is 25.6. The topological polar surface area (TPSA) is 108 Å². The van der Waals surface area contributed by atoms with Crippen LogP contribution in [0.2, 0.25) is 5.02 Å². The van der Waals surface area contributed by atoms with E-state index in [0.717, 1.165) is 9.87 Å². The molecule has 4 aromatic rings. The number of carbonyl (C=O) groups is 2. The number of rotatable bonds is 9. The van der Waals surface area contributed by atoms with Crippen LogP contribution in [-0.4, -0.2) is 32.5 Å². The Morgan fingerprint density at radius 1 is 0.854 bits per heavy atom. The van der Waals surface area contributed by atoms with Gasteiger partial charge in [0, 0.05) is 16.3 Å². The van der Waals surface area contributed by atoms with Gasteiger partial charge in [-0.3, -0.25) is 13.9 Å². The van der Waals surface area contributed by atoms with Crippen molar-refractivity contribution in [3.63, 3.8) is 0 Å². The summed E-state index contributed by atoms with van der Waals surface area (Å²) in [6.45, 7) is 4.77. The van der Waals surface area contributed by atoms with Crippen molar-refractivity contribution in [2.75, 3.05) is 16.2 Å². The minimum atomic E-state index is -4.09. The molecule has 0 bridgehead atoms. The van der Waals surface area contributed by atoms with Crippen molar-refractivity contribution in [3.05, 3.63) is 124 Å². The van der Waals surface area contributed by atoms with E-state index in [1.807, 2.05) is 13.0 Å². The van der Waals surface area contributed by atoms with E-state index < -0.39 is 22.5 Å². The second kappa shape index (κ2) is 12.8. The molecule has 41 heavy (non-hydrogen) atoms. The number of hydrogen-bond donors (Lipinski definition) is 2. The van der Waals surface area contributed by atoms with Gasteiger partial charge in [-0.2, -0.15) is 5.10 Å². The molecule has 2 amide bonds. The molecule has 0 fully saturated rings. The Kier molecular flexibility index (Phi) is 9.21. The quantitative estimate of drug-likeness (QED) is 0.186. The number of sulfonamides is 1. The number of nitrogens with zero attached hydrogens (tertiary/aromatic N) is 2. The van der Waals surface area contributed by atoms with Crippen molar-refractivity contribution < 1.29 is 18.0 Å². The number of hydrazone groups is 1. The summed E-state index contributed by atoms with van der Waals surface area (Å²) in [6, 6.07) is 27.1. The highest BCUT2D eigenvalue weighted by Crippen LogP contribution is 2.29. The summed E-state index contributed by atoms with van der Waals surface area (Å²) in [6.07, 6.45) is 0. The monoisotopic (exact) mass is 588 g/mol. The van der Waals surface area contributed by atoms with Crippen LogP contribution < -0.4 is 15.0 Å². The number of benzene rings is 4. The minimum Gasteiger partial charge on any atom is -0.322 e. The summed E-state index contributed by atoms with van der Waals surface area (Å²) in [7, 11) is -4.09. The van der Waals surface area contributed by atoms with Crippen LogP contribution in [0.25, 0.3) is 0 Å². The molecule has 0 radical (unpaired) electrons. The Bertz CT molecular complexity index is 1710. The fourth-order valence-corrected chi connectivity index (χ4v) is 5.74. The van der Waals surface area contributed by atoms with Gasteiger partial charge in [0.1, 0.15) is 6.54 Å². The fourth-order valence-electron chi connectivity index (χ4n) is 4.03. The summed E-state index contributed by atoms with van der Waals surface area (Å²) in [5.74, 6) is -0.888. The van der Waals surface area contributed by atoms with Crippen molar-refractivity contribution in [3.8, 4) is 0 Å². The molecule has 0 heterocycles. The number of anilines is 2. The lowest BCUT2D eigenvalue weighted by molar-refractivity contribution is -0.119. The van der Waals surface area contributed by atoms with Crippen LogP contribution in [0.15, 0.2) is 107 Å². The predicted molar refractivity (Wildman–Crippen MR) is 163 cm³/mol. The van der Waals surface area contributed by atoms with Crippen LogP contribution in [0.5, 0.6) is 0 Å². The molecular formula is C31H29ClN4O4S. The average Bonchev–Trinajstić information content (AvgIpc) is 2.96. The first-order chi connectivity index (χ1) is 19.5. The van der Waals surface area contributed by atoms with Gasteiger partial charge in [0.05, 0.1) is 16.3 Å². The van der Waals surface area contributed by atoms with Crippen LogP contribution in [-0.2, 0) is 14.8 Å². The van der Waals surface area contributed by atoms with Gasteiger partial charge >= 0.3 is 0 Å². The first-order valence-corrected chi connectivity index (χ1v) is 14.5. The number of hydrogen-bond acceptors (Lipinski definition) is 5. The Labute approximate surface area is 244 Å². The molecule has 4 rings (SSSR count). The molecule has 210 valence electrons. The molecule has 0 aromatic heterocycles. The molecule has 0 saturated heterocycles. The lowest BCUT2D eigenvalue weighted by Crippen LogP contribution is -2.40. The molecule has 2 N–H and O–H groups in total. The summed E-state index contributed by atoms with van der Waals surface area (Å²) in [5, 5.41) is 7.48. The number of carbonyl (C=O) groups excluding carboxylic acids is 2. The van der Waals surface area contributed by atoms with E-state index in [4.69, 9.17) is 11.6 Å². The average molecular weight is 589 g/mol. The van der Waals surface area contributed by atoms with E-state index in [9.17, 15) is 18.0 Å². The van der Waals surface area contributed by atoms with Gasteiger partial charge in [-0.1, -0.05) is 59.6 Å². The zero-order valence-corrected chi connectivity index (χ0v) is 24.3. The Hall–Kier alpha value is -4.47. The Morgan fingerprint density at radius 3 is 2.22 bits per heavy atom. The van der Waals surface area contributed by atoms with E-state index >= 15 is 0 Å². The zero-order valence-electron chi connectivity index (χ0n) is 22.8. The van der Waals surface area contributed by atoms with E-state index in [2.05, 4.69) is 15.8 Å². The molecule has 0 aliphatic heterocycles. The van der Waals surface area contributed by atoms with Gasteiger partial charge in [-0.25, -0.2) is 13.8 Å². The van der Waals surface area contributed by atoms with Gasteiger partial charge < -0.3 is 5.32 Å². The molecule has 0 aliphatic rings. The molecular weight excluding hydrogens is 560 g/mol. The van der Waals surface area contributed by atoms with Crippen LogP contribution >= 0.6 is 11.6 Å². The molecule has 4 aromatic carbocycles. The standard InChI is InChI=1S/C31H29ClN4O4S/c1-21-12-15-28(16-13-21)41(39,40)36(29-17-14-26(32)18-22(29)2)20-30(37)35-34-23(3)25-10-7-11-27(19-25)33-31(38)24-8-5-4-6-9-24/h4-19H,20H2,1-3H3,(H,33,38)(H,35,37)/b34-23-. The number of amides is 2. The van der Waals surface area contributed by atoms with Crippen molar-refractivity contribution in [1.82, 2.24) is 5.43 Å². The second-order valence-electron chi connectivity index (χ2n) is 9.39. The lowest BCUT2D eigenvalue weighted by atomic mass is 10.1. The largest absolute Gasteiger partial charge is 0.322 e. The Balaban J connectivity index is 1.53. The third-order valence-electron chi connectivity index (χ3n) is 6.25. The summed E-state index contributed by atoms with van der Waals surface area (Å²) < 4.78 is 28.3. The van der Waals surface area contributed by atoms with Crippen LogP contribution in [0.1, 0.15) is 34.0 Å². The molecule has 10 heteroatoms. The van der Waals surface area contributed by atoms with Gasteiger partial charge in [-0.15, -0.1) is 0 Å². The third-order valence-corrected chi connectivity index (χ3v) is 8.26. The first kappa shape index (κ1) is 29.5. The van der Waals surface area contributed by atoms with Crippen molar-refractivity contribution in [2.24, 2.45) is 5.10 Å². The SMILES string of the molecule is C/C(=N/NC(=O)CN(c1ccc(Cl)cc1C)S(=O)(=O)c1ccc(C)cc1)c1cccc(NC(=O)c2ccccc2)c1. The molecule has 0 unspecified atom stereocenters. The van der Waals surface area contributed by atoms with Crippen LogP contribution in [0.4, 0.5) is 11.4 Å². The number of nitrogens with one attached hydrogen (secondary N) is 2. The van der Waals surface area contributed by atoms with Crippen LogP contribution in [0, 0.1) is 13.8 Å². The van der Waals surface area contributed by atoms with E-state index in [1.54, 1.807) is 92.7 Å². The fraction of sp³-hybridized carbons (Fsp3) is 0.129. The number of aryl methyl sites for hydroxylation is 2. The van der Waals surface area contributed by atoms with Gasteiger partial charge in [-0.05, 0) is 86.5 Å². The predicted octanol–water partition coefficient (Wildman–Crippen LogP) is 5.94. The van der Waals surface area contributed by atoms with Gasteiger partial charge in [0.2, 0.25) is 0 Å². The second-order valence-corrected chi connectivity index (χ2v) is 11.7. The maximum atomic E-state index is 13.6. The first-order valence-electron chi connectivity index (χ1n) is 12.7. The smallest absolute Gasteiger partial charge is 0.264 e. The summed E-state index contributed by atoms with van der Waals surface area (Å²) in [5.41, 5.74) is 6.50. The highest BCUT2D eigenvalue weighted by atomic mass is 35.5. The van der Waals surface area contributed by atoms with Crippen molar-refractivity contribution in [1.29, 1.82) is 0 Å². The molecule has 0 atom stereocenters. The van der Waals surface area contributed by atoms with Gasteiger partial charge in [0.15, 0.2) is 0 Å². The molecule has 8 nitrogen and oxygen atoms in total. The maximum absolute atomic E-state index is 13.6. The number of halogens is 1. The van der Waals surface area contributed by atoms with E-state index in [0.29, 0.717) is 38.8 Å². The highest BCUT2D eigenvalue weighted by Gasteiger charge is 2.28. The van der Waals surface area contributed by atoms with Crippen molar-refractivity contribution >= 4 is 50.5 Å². The molecule has 0 spiro atoms. The van der Waals surface area contributed by atoms with E-state index in [1.165, 1.54) is 12.1 Å².